The molecule has 2 aliphatic rings. The highest BCUT2D eigenvalue weighted by Gasteiger charge is 2.52. The minimum atomic E-state index is -0.683. The first kappa shape index (κ1) is 26.5. The summed E-state index contributed by atoms with van der Waals surface area (Å²) >= 11 is 0. The second-order valence-corrected chi connectivity index (χ2v) is 9.98. The average molecular weight is 530 g/mol. The van der Waals surface area contributed by atoms with Gasteiger partial charge in [0.25, 0.3) is 0 Å². The average Bonchev–Trinajstić information content (AvgIpc) is 3.29. The summed E-state index contributed by atoms with van der Waals surface area (Å²) in [7, 11) is 3.20. The van der Waals surface area contributed by atoms with Gasteiger partial charge in [0.1, 0.15) is 18.0 Å². The molecule has 0 aromatic heterocycles. The van der Waals surface area contributed by atoms with Crippen LogP contribution in [0, 0.1) is 0 Å². The number of methoxy groups -OCH3 is 1. The van der Waals surface area contributed by atoms with Crippen molar-refractivity contribution in [3.8, 4) is 5.75 Å². The number of urea groups is 1. The number of carbonyl (C=O) groups is 3. The van der Waals surface area contributed by atoms with Gasteiger partial charge in [-0.15, -0.1) is 0 Å². The minimum absolute atomic E-state index is 0.0482. The number of nitrogens with one attached hydrogen (secondary N) is 1. The van der Waals surface area contributed by atoms with Gasteiger partial charge in [0, 0.05) is 26.6 Å². The Hall–Kier alpha value is -4.11. The fourth-order valence-electron chi connectivity index (χ4n) is 5.70. The maximum atomic E-state index is 14.1. The van der Waals surface area contributed by atoms with Gasteiger partial charge in [-0.1, -0.05) is 61.5 Å². The Morgan fingerprint density at radius 2 is 1.79 bits per heavy atom. The van der Waals surface area contributed by atoms with E-state index in [0.717, 1.165) is 34.1 Å². The van der Waals surface area contributed by atoms with Crippen LogP contribution in [0.1, 0.15) is 24.5 Å². The first-order chi connectivity index (χ1) is 18.9. The Kier molecular flexibility index (Phi) is 7.70. The molecule has 0 spiro atoms. The van der Waals surface area contributed by atoms with Gasteiger partial charge >= 0.3 is 6.03 Å². The molecule has 2 fully saturated rings. The molecule has 2 heterocycles. The number of carbonyl (C=O) groups excluding carboxylic acids is 3. The van der Waals surface area contributed by atoms with E-state index in [-0.39, 0.29) is 24.4 Å². The van der Waals surface area contributed by atoms with Gasteiger partial charge in [0.2, 0.25) is 11.8 Å². The van der Waals surface area contributed by atoms with Crippen molar-refractivity contribution in [1.29, 1.82) is 0 Å². The van der Waals surface area contributed by atoms with Crippen LogP contribution in [0.4, 0.5) is 4.79 Å². The summed E-state index contributed by atoms with van der Waals surface area (Å²) in [4.78, 5) is 43.9. The Bertz CT molecular complexity index is 1360. The maximum absolute atomic E-state index is 14.1. The normalized spacial score (nSPS) is 19.4. The monoisotopic (exact) mass is 529 g/mol. The molecule has 204 valence electrons. The van der Waals surface area contributed by atoms with Gasteiger partial charge in [-0.3, -0.25) is 14.6 Å². The summed E-state index contributed by atoms with van der Waals surface area (Å²) in [6.45, 7) is 3.24. The van der Waals surface area contributed by atoms with E-state index in [0.29, 0.717) is 26.1 Å². The lowest BCUT2D eigenvalue weighted by Gasteiger charge is -2.46. The summed E-state index contributed by atoms with van der Waals surface area (Å²) < 4.78 is 5.29. The number of hydrogen-bond donors (Lipinski definition) is 1. The highest BCUT2D eigenvalue weighted by atomic mass is 16.5. The van der Waals surface area contributed by atoms with Crippen molar-refractivity contribution in [2.75, 3.05) is 33.8 Å². The molecule has 0 radical (unpaired) electrons. The number of ether oxygens (including phenoxy) is 1. The lowest BCUT2D eigenvalue weighted by Crippen LogP contribution is -2.66. The third-order valence-electron chi connectivity index (χ3n) is 7.59. The standard InChI is InChI=1S/C30H35N5O4/c1-4-16-33(30(38)31-2)34-20-28(36)35-26(17-21-12-14-24(39-3)15-13-21)29(37)32(19-27(34)35)18-23-10-7-9-22-8-5-6-11-25(22)23/h5-15,26-27H,4,16-20H2,1-3H3,(H,31,38)/t26-,27+/m0/s1. The predicted molar refractivity (Wildman–Crippen MR) is 149 cm³/mol. The van der Waals surface area contributed by atoms with Gasteiger partial charge in [0.15, 0.2) is 0 Å². The lowest BCUT2D eigenvalue weighted by molar-refractivity contribution is -0.157. The summed E-state index contributed by atoms with van der Waals surface area (Å²) in [6.07, 6.45) is 0.662. The van der Waals surface area contributed by atoms with E-state index in [1.807, 2.05) is 65.4 Å². The van der Waals surface area contributed by atoms with Crippen LogP contribution < -0.4 is 10.1 Å². The van der Waals surface area contributed by atoms with Gasteiger partial charge in [-0.25, -0.2) is 4.79 Å². The summed E-state index contributed by atoms with van der Waals surface area (Å²) in [6, 6.07) is 20.9. The number of nitrogens with zero attached hydrogens (tertiary/aromatic N) is 4. The van der Waals surface area contributed by atoms with Crippen LogP contribution in [0.25, 0.3) is 10.8 Å². The first-order valence-corrected chi connectivity index (χ1v) is 13.4. The SMILES string of the molecule is CCCN(C(=O)NC)N1CC(=O)N2[C@@H](Cc3ccc(OC)cc3)C(=O)N(Cc3cccc4ccccc34)C[C@@H]21. The van der Waals surface area contributed by atoms with Gasteiger partial charge < -0.3 is 19.9 Å². The number of fused-ring (bicyclic) bond motifs is 2. The summed E-state index contributed by atoms with van der Waals surface area (Å²) in [5, 5.41) is 8.35. The van der Waals surface area contributed by atoms with Crippen molar-refractivity contribution in [3.63, 3.8) is 0 Å². The lowest BCUT2D eigenvalue weighted by atomic mass is 9.99. The number of amides is 4. The quantitative estimate of drug-likeness (QED) is 0.484. The van der Waals surface area contributed by atoms with E-state index in [1.54, 1.807) is 24.1 Å². The van der Waals surface area contributed by atoms with E-state index >= 15 is 0 Å². The van der Waals surface area contributed by atoms with Crippen molar-refractivity contribution in [3.05, 3.63) is 77.9 Å². The third-order valence-corrected chi connectivity index (χ3v) is 7.59. The molecular formula is C30H35N5O4. The van der Waals surface area contributed by atoms with Gasteiger partial charge in [-0.2, -0.15) is 5.01 Å². The van der Waals surface area contributed by atoms with Gasteiger partial charge in [0.05, 0.1) is 20.2 Å². The molecule has 3 aromatic carbocycles. The number of hydrogen-bond acceptors (Lipinski definition) is 5. The van der Waals surface area contributed by atoms with E-state index in [1.165, 1.54) is 0 Å². The largest absolute Gasteiger partial charge is 0.497 e. The molecule has 39 heavy (non-hydrogen) atoms. The van der Waals surface area contributed by atoms with Crippen molar-refractivity contribution in [2.24, 2.45) is 0 Å². The van der Waals surface area contributed by atoms with Crippen molar-refractivity contribution < 1.29 is 19.1 Å². The zero-order valence-electron chi connectivity index (χ0n) is 22.7. The van der Waals surface area contributed by atoms with Crippen LogP contribution in [0.2, 0.25) is 0 Å². The topological polar surface area (TPSA) is 85.4 Å². The molecule has 2 saturated heterocycles. The van der Waals surface area contributed by atoms with Crippen molar-refractivity contribution >= 4 is 28.6 Å². The zero-order chi connectivity index (χ0) is 27.5. The Morgan fingerprint density at radius 3 is 2.51 bits per heavy atom. The van der Waals surface area contributed by atoms with Crippen LogP contribution in [0.3, 0.4) is 0 Å². The molecule has 5 rings (SSSR count). The molecule has 3 aromatic rings. The Balaban J connectivity index is 1.51. The highest BCUT2D eigenvalue weighted by molar-refractivity contribution is 5.92. The molecule has 2 atom stereocenters. The number of benzene rings is 3. The van der Waals surface area contributed by atoms with Crippen LogP contribution in [-0.4, -0.2) is 83.7 Å². The fourth-order valence-corrected chi connectivity index (χ4v) is 5.70. The summed E-state index contributed by atoms with van der Waals surface area (Å²) in [5.41, 5.74) is 1.98. The second kappa shape index (κ2) is 11.3. The van der Waals surface area contributed by atoms with E-state index in [4.69, 9.17) is 4.74 Å². The molecule has 2 aliphatic heterocycles. The molecule has 1 N–H and O–H groups in total. The second-order valence-electron chi connectivity index (χ2n) is 9.98. The van der Waals surface area contributed by atoms with Crippen LogP contribution in [0.15, 0.2) is 66.7 Å². The van der Waals surface area contributed by atoms with Crippen LogP contribution in [-0.2, 0) is 22.6 Å². The predicted octanol–water partition coefficient (Wildman–Crippen LogP) is 3.24. The zero-order valence-corrected chi connectivity index (χ0v) is 22.7. The Labute approximate surface area is 228 Å². The first-order valence-electron chi connectivity index (χ1n) is 13.4. The molecule has 0 unspecified atom stereocenters. The molecule has 9 heteroatoms. The molecule has 9 nitrogen and oxygen atoms in total. The highest BCUT2D eigenvalue weighted by Crippen LogP contribution is 2.31. The van der Waals surface area contributed by atoms with Crippen LogP contribution in [0.5, 0.6) is 5.75 Å². The molecule has 4 amide bonds. The minimum Gasteiger partial charge on any atom is -0.497 e. The molecule has 0 aliphatic carbocycles. The number of rotatable bonds is 8. The maximum Gasteiger partial charge on any atom is 0.331 e. The van der Waals surface area contributed by atoms with Crippen molar-refractivity contribution in [1.82, 2.24) is 25.1 Å². The Morgan fingerprint density at radius 1 is 1.05 bits per heavy atom. The van der Waals surface area contributed by atoms with E-state index in [2.05, 4.69) is 23.5 Å². The van der Waals surface area contributed by atoms with E-state index in [9.17, 15) is 14.4 Å². The third kappa shape index (κ3) is 5.14. The van der Waals surface area contributed by atoms with Crippen LogP contribution >= 0.6 is 0 Å². The number of piperazine rings is 1. The smallest absolute Gasteiger partial charge is 0.331 e. The fraction of sp³-hybridized carbons (Fsp3) is 0.367. The number of hydrazine groups is 1. The summed E-state index contributed by atoms with van der Waals surface area (Å²) in [5.74, 6) is 0.488. The van der Waals surface area contributed by atoms with Crippen molar-refractivity contribution in [2.45, 2.75) is 38.5 Å². The van der Waals surface area contributed by atoms with E-state index < -0.39 is 12.2 Å². The van der Waals surface area contributed by atoms with Gasteiger partial charge in [-0.05, 0) is 40.5 Å². The molecule has 0 bridgehead atoms. The molecular weight excluding hydrogens is 494 g/mol. The molecule has 0 saturated carbocycles.